The third-order valence-corrected chi connectivity index (χ3v) is 7.95. The molecular formula is C5H8O4S2. The zero-order valence-corrected chi connectivity index (χ0v) is 7.36. The van der Waals surface area contributed by atoms with E-state index >= 15 is 0 Å². The summed E-state index contributed by atoms with van der Waals surface area (Å²) in [6.07, 6.45) is 0.534. The average Bonchev–Trinajstić information content (AvgIpc) is 2.00. The maximum atomic E-state index is 11.1. The standard InChI is InChI=1S/C5H8O4S2/c6-10(7)2-1-4-3-11(8,9)5(4)10/h4-5H,1-3H2. The molecule has 6 heteroatoms. The fraction of sp³-hybridized carbons (Fsp3) is 1.00. The molecule has 2 aliphatic rings. The van der Waals surface area contributed by atoms with Crippen LogP contribution in [0.15, 0.2) is 0 Å². The molecule has 4 nitrogen and oxygen atoms in total. The van der Waals surface area contributed by atoms with Crippen LogP contribution in [0, 0.1) is 5.92 Å². The summed E-state index contributed by atoms with van der Waals surface area (Å²) >= 11 is 0. The summed E-state index contributed by atoms with van der Waals surface area (Å²) in [6.45, 7) is 0. The summed E-state index contributed by atoms with van der Waals surface area (Å²) < 4.78 is 43.0. The van der Waals surface area contributed by atoms with Crippen molar-refractivity contribution < 1.29 is 16.8 Å². The van der Waals surface area contributed by atoms with Crippen molar-refractivity contribution in [3.8, 4) is 0 Å². The zero-order valence-electron chi connectivity index (χ0n) is 5.73. The molecule has 0 aromatic heterocycles. The molecule has 0 aromatic carbocycles. The lowest BCUT2D eigenvalue weighted by molar-refractivity contribution is 0.505. The normalized spacial score (nSPS) is 44.4. The first kappa shape index (κ1) is 7.54. The topological polar surface area (TPSA) is 68.3 Å². The molecule has 0 aliphatic carbocycles. The van der Waals surface area contributed by atoms with Crippen molar-refractivity contribution in [1.82, 2.24) is 0 Å². The molecule has 0 spiro atoms. The predicted octanol–water partition coefficient (Wildman–Crippen LogP) is -0.824. The van der Waals surface area contributed by atoms with Crippen LogP contribution in [0.4, 0.5) is 0 Å². The van der Waals surface area contributed by atoms with Crippen LogP contribution in [0.5, 0.6) is 0 Å². The Bertz CT molecular complexity index is 377. The Labute approximate surface area is 65.4 Å². The molecule has 2 aliphatic heterocycles. The molecule has 0 bridgehead atoms. The Hall–Kier alpha value is -0.100. The second-order valence-corrected chi connectivity index (χ2v) is 7.82. The highest BCUT2D eigenvalue weighted by molar-refractivity contribution is 8.10. The fourth-order valence-corrected chi connectivity index (χ4v) is 7.53. The Kier molecular flexibility index (Phi) is 1.23. The summed E-state index contributed by atoms with van der Waals surface area (Å²) in [4.78, 5) is 0. The van der Waals surface area contributed by atoms with Crippen LogP contribution in [0.2, 0.25) is 0 Å². The van der Waals surface area contributed by atoms with Gasteiger partial charge in [0.2, 0.25) is 0 Å². The summed E-state index contributed by atoms with van der Waals surface area (Å²) in [5, 5.41) is 0. The number of fused-ring (bicyclic) bond motifs is 1. The predicted molar refractivity (Wildman–Crippen MR) is 39.5 cm³/mol. The lowest BCUT2D eigenvalue weighted by atomic mass is 10.1. The van der Waals surface area contributed by atoms with E-state index in [9.17, 15) is 16.8 Å². The van der Waals surface area contributed by atoms with Gasteiger partial charge in [-0.05, 0) is 6.42 Å². The first-order valence-electron chi connectivity index (χ1n) is 3.37. The SMILES string of the molecule is O=S1(=O)CCC2CS(=O)(=O)C21. The smallest absolute Gasteiger partial charge is 0.168 e. The minimum Gasteiger partial charge on any atom is -0.227 e. The maximum Gasteiger partial charge on any atom is 0.168 e. The van der Waals surface area contributed by atoms with Gasteiger partial charge in [0, 0.05) is 5.92 Å². The highest BCUT2D eigenvalue weighted by Gasteiger charge is 2.57. The fourth-order valence-electron chi connectivity index (χ4n) is 1.81. The van der Waals surface area contributed by atoms with Crippen LogP contribution < -0.4 is 0 Å². The van der Waals surface area contributed by atoms with E-state index in [-0.39, 0.29) is 17.4 Å². The second kappa shape index (κ2) is 1.80. The highest BCUT2D eigenvalue weighted by atomic mass is 32.3. The molecule has 2 rings (SSSR count). The lowest BCUT2D eigenvalue weighted by Crippen LogP contribution is -2.46. The van der Waals surface area contributed by atoms with Gasteiger partial charge in [0.1, 0.15) is 0 Å². The Morgan fingerprint density at radius 3 is 2.00 bits per heavy atom. The van der Waals surface area contributed by atoms with Gasteiger partial charge >= 0.3 is 0 Å². The van der Waals surface area contributed by atoms with Crippen molar-refractivity contribution in [2.45, 2.75) is 11.0 Å². The van der Waals surface area contributed by atoms with Crippen molar-refractivity contribution in [3.63, 3.8) is 0 Å². The lowest BCUT2D eigenvalue weighted by Gasteiger charge is -2.28. The summed E-state index contributed by atoms with van der Waals surface area (Å²) in [6, 6.07) is 0. The van der Waals surface area contributed by atoms with Crippen molar-refractivity contribution in [2.24, 2.45) is 5.92 Å². The first-order chi connectivity index (χ1) is 4.93. The minimum absolute atomic E-state index is 0.0571. The Morgan fingerprint density at radius 1 is 1.00 bits per heavy atom. The van der Waals surface area contributed by atoms with Crippen molar-refractivity contribution >= 4 is 19.7 Å². The molecule has 0 amide bonds. The largest absolute Gasteiger partial charge is 0.227 e. The maximum absolute atomic E-state index is 11.1. The van der Waals surface area contributed by atoms with Gasteiger partial charge in [0.05, 0.1) is 11.5 Å². The minimum atomic E-state index is -3.28. The van der Waals surface area contributed by atoms with Gasteiger partial charge in [0.15, 0.2) is 24.3 Å². The van der Waals surface area contributed by atoms with Gasteiger partial charge in [0.25, 0.3) is 0 Å². The van der Waals surface area contributed by atoms with Gasteiger partial charge in [-0.25, -0.2) is 16.8 Å². The molecule has 64 valence electrons. The van der Waals surface area contributed by atoms with E-state index in [1.807, 2.05) is 0 Å². The molecule has 2 saturated heterocycles. The van der Waals surface area contributed by atoms with E-state index in [0.717, 1.165) is 0 Å². The van der Waals surface area contributed by atoms with E-state index in [1.165, 1.54) is 0 Å². The summed E-state index contributed by atoms with van der Waals surface area (Å²) in [7, 11) is -6.54. The molecule has 2 heterocycles. The Balaban J connectivity index is 2.52. The van der Waals surface area contributed by atoms with Gasteiger partial charge in [-0.3, -0.25) is 0 Å². The van der Waals surface area contributed by atoms with E-state index in [2.05, 4.69) is 0 Å². The number of hydrogen-bond acceptors (Lipinski definition) is 4. The first-order valence-corrected chi connectivity index (χ1v) is 6.80. The molecule has 2 unspecified atom stereocenters. The molecule has 0 N–H and O–H groups in total. The van der Waals surface area contributed by atoms with Gasteiger partial charge in [-0.2, -0.15) is 0 Å². The van der Waals surface area contributed by atoms with Crippen LogP contribution in [0.3, 0.4) is 0 Å². The third kappa shape index (κ3) is 0.854. The van der Waals surface area contributed by atoms with Gasteiger partial charge < -0.3 is 0 Å². The van der Waals surface area contributed by atoms with E-state index in [4.69, 9.17) is 0 Å². The number of sulfone groups is 2. The molecule has 11 heavy (non-hydrogen) atoms. The molecule has 2 atom stereocenters. The van der Waals surface area contributed by atoms with Crippen LogP contribution in [-0.4, -0.2) is 32.9 Å². The monoisotopic (exact) mass is 196 g/mol. The van der Waals surface area contributed by atoms with E-state index < -0.39 is 24.3 Å². The highest BCUT2D eigenvalue weighted by Crippen LogP contribution is 2.40. The quantitative estimate of drug-likeness (QED) is 0.507. The Morgan fingerprint density at radius 2 is 1.64 bits per heavy atom. The van der Waals surface area contributed by atoms with Crippen molar-refractivity contribution in [2.75, 3.05) is 11.5 Å². The zero-order chi connectivity index (χ0) is 8.28. The van der Waals surface area contributed by atoms with Crippen LogP contribution >= 0.6 is 0 Å². The van der Waals surface area contributed by atoms with Crippen LogP contribution in [0.25, 0.3) is 0 Å². The van der Waals surface area contributed by atoms with Gasteiger partial charge in [-0.1, -0.05) is 0 Å². The third-order valence-electron chi connectivity index (χ3n) is 2.31. The summed E-state index contributed by atoms with van der Waals surface area (Å²) in [5.74, 6) is 0.0448. The molecule has 0 radical (unpaired) electrons. The molecular weight excluding hydrogens is 188 g/mol. The van der Waals surface area contributed by atoms with Crippen LogP contribution in [-0.2, 0) is 19.7 Å². The number of rotatable bonds is 0. The van der Waals surface area contributed by atoms with E-state index in [0.29, 0.717) is 6.42 Å². The van der Waals surface area contributed by atoms with Crippen molar-refractivity contribution in [3.05, 3.63) is 0 Å². The molecule has 0 aromatic rings. The molecule has 2 fully saturated rings. The summed E-state index contributed by atoms with van der Waals surface area (Å²) in [5.41, 5.74) is 0. The average molecular weight is 196 g/mol. The number of hydrogen-bond donors (Lipinski definition) is 0. The van der Waals surface area contributed by atoms with Gasteiger partial charge in [-0.15, -0.1) is 0 Å². The van der Waals surface area contributed by atoms with E-state index in [1.54, 1.807) is 0 Å². The second-order valence-electron chi connectivity index (χ2n) is 3.11. The van der Waals surface area contributed by atoms with Crippen molar-refractivity contribution in [1.29, 1.82) is 0 Å². The van der Waals surface area contributed by atoms with Crippen LogP contribution in [0.1, 0.15) is 6.42 Å². The molecule has 0 saturated carbocycles.